The predicted molar refractivity (Wildman–Crippen MR) is 126 cm³/mol. The van der Waals surface area contributed by atoms with E-state index in [2.05, 4.69) is 6.58 Å². The quantitative estimate of drug-likeness (QED) is 0.360. The molecule has 2 aromatic carbocycles. The number of aromatic nitrogens is 1. The molecule has 0 aliphatic rings. The van der Waals surface area contributed by atoms with Gasteiger partial charge in [-0.1, -0.05) is 50.8 Å². The van der Waals surface area contributed by atoms with Crippen LogP contribution in [0.5, 0.6) is 0 Å². The highest BCUT2D eigenvalue weighted by atomic mass is 31.2. The summed E-state index contributed by atoms with van der Waals surface area (Å²) in [5.74, 6) is -1.20. The first-order valence-electron chi connectivity index (χ1n) is 10.4. The normalized spacial score (nSPS) is 14.3. The fraction of sp³-hybridized carbons (Fsp3) is 0.280. The van der Waals surface area contributed by atoms with E-state index in [0.717, 1.165) is 10.9 Å². The second-order valence-electron chi connectivity index (χ2n) is 7.96. The Labute approximate surface area is 187 Å². The predicted octanol–water partition coefficient (Wildman–Crippen LogP) is 6.79. The fourth-order valence-electron chi connectivity index (χ4n) is 3.92. The SMILES string of the molecule is C=CP(=O)(CCC(C(=O)O)c1c(C(C)C)nc2ccccc2c1-c1ccc(F)cc1)OC. The summed E-state index contributed by atoms with van der Waals surface area (Å²) in [4.78, 5) is 17.3. The van der Waals surface area contributed by atoms with Gasteiger partial charge in [-0.3, -0.25) is 14.3 Å². The van der Waals surface area contributed by atoms with Gasteiger partial charge in [0.15, 0.2) is 0 Å². The fourth-order valence-corrected chi connectivity index (χ4v) is 5.06. The van der Waals surface area contributed by atoms with Crippen molar-refractivity contribution in [2.45, 2.75) is 32.1 Å². The minimum atomic E-state index is -3.15. The first-order valence-corrected chi connectivity index (χ1v) is 12.3. The van der Waals surface area contributed by atoms with Gasteiger partial charge in [-0.05, 0) is 53.0 Å². The Hall–Kier alpha value is -2.82. The van der Waals surface area contributed by atoms with Crippen molar-refractivity contribution in [2.75, 3.05) is 13.3 Å². The maximum Gasteiger partial charge on any atom is 0.311 e. The number of benzene rings is 2. The average Bonchev–Trinajstić information content (AvgIpc) is 2.78. The zero-order chi connectivity index (χ0) is 23.5. The minimum absolute atomic E-state index is 0.0389. The summed E-state index contributed by atoms with van der Waals surface area (Å²) in [6.45, 7) is 7.49. The Morgan fingerprint density at radius 1 is 1.22 bits per heavy atom. The van der Waals surface area contributed by atoms with Crippen LogP contribution >= 0.6 is 7.37 Å². The molecule has 0 saturated carbocycles. The smallest absolute Gasteiger partial charge is 0.311 e. The van der Waals surface area contributed by atoms with Crippen LogP contribution in [0.3, 0.4) is 0 Å². The van der Waals surface area contributed by atoms with Gasteiger partial charge in [-0.2, -0.15) is 0 Å². The molecule has 0 spiro atoms. The molecule has 32 heavy (non-hydrogen) atoms. The molecule has 1 heterocycles. The number of nitrogens with zero attached hydrogens (tertiary/aromatic N) is 1. The number of carboxylic acid groups (broad SMARTS) is 1. The van der Waals surface area contributed by atoms with Gasteiger partial charge in [0.25, 0.3) is 0 Å². The Kier molecular flexibility index (Phi) is 7.27. The van der Waals surface area contributed by atoms with Crippen LogP contribution in [0.15, 0.2) is 60.9 Å². The summed E-state index contributed by atoms with van der Waals surface area (Å²) < 4.78 is 31.5. The largest absolute Gasteiger partial charge is 0.481 e. The maximum absolute atomic E-state index is 13.7. The maximum atomic E-state index is 13.7. The van der Waals surface area contributed by atoms with Crippen molar-refractivity contribution in [3.63, 3.8) is 0 Å². The second-order valence-corrected chi connectivity index (χ2v) is 10.6. The van der Waals surface area contributed by atoms with E-state index in [9.17, 15) is 18.9 Å². The first-order chi connectivity index (χ1) is 15.2. The van der Waals surface area contributed by atoms with Crippen molar-refractivity contribution < 1.29 is 23.4 Å². The Bertz CT molecular complexity index is 1190. The molecule has 1 aromatic heterocycles. The molecule has 0 radical (unpaired) electrons. The molecule has 2 atom stereocenters. The molecule has 0 saturated heterocycles. The summed E-state index contributed by atoms with van der Waals surface area (Å²) in [6, 6.07) is 13.5. The monoisotopic (exact) mass is 455 g/mol. The topological polar surface area (TPSA) is 76.5 Å². The third-order valence-corrected chi connectivity index (χ3v) is 7.66. The number of halogens is 1. The molecule has 2 unspecified atom stereocenters. The van der Waals surface area contributed by atoms with E-state index in [1.165, 1.54) is 25.1 Å². The van der Waals surface area contributed by atoms with Crippen LogP contribution in [0.25, 0.3) is 22.0 Å². The van der Waals surface area contributed by atoms with Crippen molar-refractivity contribution in [3.8, 4) is 11.1 Å². The lowest BCUT2D eigenvalue weighted by Crippen LogP contribution is -2.18. The molecule has 5 nitrogen and oxygen atoms in total. The Balaban J connectivity index is 2.33. The number of hydrogen-bond donors (Lipinski definition) is 1. The van der Waals surface area contributed by atoms with Crippen molar-refractivity contribution in [2.24, 2.45) is 0 Å². The van der Waals surface area contributed by atoms with Crippen molar-refractivity contribution in [3.05, 3.63) is 78.0 Å². The van der Waals surface area contributed by atoms with Crippen LogP contribution in [-0.4, -0.2) is 29.3 Å². The molecular weight excluding hydrogens is 428 g/mol. The molecule has 7 heteroatoms. The Morgan fingerprint density at radius 2 is 1.88 bits per heavy atom. The van der Waals surface area contributed by atoms with E-state index >= 15 is 0 Å². The summed E-state index contributed by atoms with van der Waals surface area (Å²) >= 11 is 0. The van der Waals surface area contributed by atoms with E-state index < -0.39 is 19.3 Å². The number of carboxylic acids is 1. The highest BCUT2D eigenvalue weighted by Crippen LogP contribution is 2.50. The summed E-state index contributed by atoms with van der Waals surface area (Å²) in [5, 5.41) is 11.0. The average molecular weight is 455 g/mol. The summed E-state index contributed by atoms with van der Waals surface area (Å²) in [7, 11) is -1.81. The zero-order valence-electron chi connectivity index (χ0n) is 18.4. The molecule has 3 rings (SSSR count). The van der Waals surface area contributed by atoms with Crippen LogP contribution in [-0.2, 0) is 13.9 Å². The van der Waals surface area contributed by atoms with Crippen LogP contribution in [0, 0.1) is 5.82 Å². The van der Waals surface area contributed by atoms with Gasteiger partial charge in [0.2, 0.25) is 7.37 Å². The number of fused-ring (bicyclic) bond motifs is 1. The molecule has 0 bridgehead atoms. The number of hydrogen-bond acceptors (Lipinski definition) is 4. The Morgan fingerprint density at radius 3 is 2.44 bits per heavy atom. The highest BCUT2D eigenvalue weighted by Gasteiger charge is 2.32. The molecule has 168 valence electrons. The van der Waals surface area contributed by atoms with Crippen molar-refractivity contribution in [1.29, 1.82) is 0 Å². The van der Waals surface area contributed by atoms with Crippen LogP contribution in [0.4, 0.5) is 4.39 Å². The minimum Gasteiger partial charge on any atom is -0.481 e. The van der Waals surface area contributed by atoms with E-state index in [0.29, 0.717) is 22.4 Å². The first kappa shape index (κ1) is 23.8. The third kappa shape index (κ3) is 4.82. The number of pyridine rings is 1. The molecule has 1 N–H and O–H groups in total. The van der Waals surface area contributed by atoms with E-state index in [-0.39, 0.29) is 24.3 Å². The van der Waals surface area contributed by atoms with Gasteiger partial charge in [0, 0.05) is 24.4 Å². The molecule has 0 aliphatic heterocycles. The number of para-hydroxylation sites is 1. The molecule has 0 aliphatic carbocycles. The molecule has 0 fully saturated rings. The van der Waals surface area contributed by atoms with Crippen molar-refractivity contribution in [1.82, 2.24) is 4.98 Å². The van der Waals surface area contributed by atoms with Crippen molar-refractivity contribution >= 4 is 24.2 Å². The number of rotatable bonds is 9. The molecular formula is C25H27FNO4P. The standard InChI is InChI=1S/C25H27FNO4P/c1-5-32(30,31-4)15-14-20(25(28)29)23-22(17-10-12-18(26)13-11-17)19-8-6-7-9-21(19)27-24(23)16(2)3/h5-13,16,20H,1,14-15H2,2-4H3,(H,28,29). The van der Waals surface area contributed by atoms with Gasteiger partial charge in [0.05, 0.1) is 11.4 Å². The van der Waals surface area contributed by atoms with Gasteiger partial charge in [0.1, 0.15) is 5.82 Å². The van der Waals surface area contributed by atoms with Crippen LogP contribution < -0.4 is 0 Å². The van der Waals surface area contributed by atoms with E-state index in [1.807, 2.05) is 38.1 Å². The summed E-state index contributed by atoms with van der Waals surface area (Å²) in [6.07, 6.45) is 0.123. The molecule has 0 amide bonds. The lowest BCUT2D eigenvalue weighted by atomic mass is 9.83. The summed E-state index contributed by atoms with van der Waals surface area (Å²) in [5.41, 5.74) is 3.35. The van der Waals surface area contributed by atoms with Gasteiger partial charge in [-0.25, -0.2) is 4.39 Å². The van der Waals surface area contributed by atoms with Gasteiger partial charge in [-0.15, -0.1) is 0 Å². The van der Waals surface area contributed by atoms with Crippen LogP contribution in [0.1, 0.15) is 43.4 Å². The third-order valence-electron chi connectivity index (χ3n) is 5.60. The van der Waals surface area contributed by atoms with Crippen LogP contribution in [0.2, 0.25) is 0 Å². The number of aliphatic carboxylic acids is 1. The molecule has 3 aromatic rings. The van der Waals surface area contributed by atoms with Gasteiger partial charge < -0.3 is 9.63 Å². The zero-order valence-corrected chi connectivity index (χ0v) is 19.3. The second kappa shape index (κ2) is 9.76. The highest BCUT2D eigenvalue weighted by molar-refractivity contribution is 7.62. The number of carbonyl (C=O) groups is 1. The lowest BCUT2D eigenvalue weighted by Gasteiger charge is -2.25. The van der Waals surface area contributed by atoms with Gasteiger partial charge >= 0.3 is 5.97 Å². The van der Waals surface area contributed by atoms with E-state index in [4.69, 9.17) is 9.51 Å². The van der Waals surface area contributed by atoms with E-state index in [1.54, 1.807) is 12.1 Å². The lowest BCUT2D eigenvalue weighted by molar-refractivity contribution is -0.138.